The fourth-order valence-corrected chi connectivity index (χ4v) is 3.22. The van der Waals surface area contributed by atoms with Crippen LogP contribution in [0.3, 0.4) is 0 Å². The summed E-state index contributed by atoms with van der Waals surface area (Å²) in [6.07, 6.45) is 4.73. The number of ether oxygens (including phenoxy) is 1. The van der Waals surface area contributed by atoms with Crippen molar-refractivity contribution in [1.29, 1.82) is 0 Å². The molecule has 0 unspecified atom stereocenters. The average molecular weight is 346 g/mol. The van der Waals surface area contributed by atoms with E-state index in [2.05, 4.69) is 10.6 Å². The Bertz CT molecular complexity index is 601. The van der Waals surface area contributed by atoms with Gasteiger partial charge in [-0.15, -0.1) is 0 Å². The van der Waals surface area contributed by atoms with Crippen molar-refractivity contribution in [2.24, 2.45) is 5.92 Å². The minimum absolute atomic E-state index is 0.144. The molecule has 0 saturated heterocycles. The Labute approximate surface area is 150 Å². The molecule has 0 spiro atoms. The zero-order valence-electron chi connectivity index (χ0n) is 15.7. The van der Waals surface area contributed by atoms with Crippen LogP contribution in [0.25, 0.3) is 0 Å². The van der Waals surface area contributed by atoms with Crippen molar-refractivity contribution in [3.05, 3.63) is 29.8 Å². The number of carbonyl (C=O) groups excluding carboxylic acids is 2. The molecule has 2 rings (SSSR count). The predicted molar refractivity (Wildman–Crippen MR) is 99.5 cm³/mol. The minimum atomic E-state index is -0.590. The van der Waals surface area contributed by atoms with Gasteiger partial charge in [0.1, 0.15) is 11.6 Å². The largest absolute Gasteiger partial charge is 0.444 e. The van der Waals surface area contributed by atoms with Crippen molar-refractivity contribution in [1.82, 2.24) is 5.32 Å². The highest BCUT2D eigenvalue weighted by Gasteiger charge is 2.32. The maximum atomic E-state index is 12.9. The Balaban J connectivity index is 2.11. The van der Waals surface area contributed by atoms with Crippen LogP contribution < -0.4 is 10.6 Å². The van der Waals surface area contributed by atoms with Crippen molar-refractivity contribution < 1.29 is 14.3 Å². The van der Waals surface area contributed by atoms with Crippen molar-refractivity contribution >= 4 is 17.7 Å². The van der Waals surface area contributed by atoms with Crippen LogP contribution in [-0.2, 0) is 9.53 Å². The number of carbonyl (C=O) groups is 2. The van der Waals surface area contributed by atoms with Gasteiger partial charge in [0.25, 0.3) is 0 Å². The summed E-state index contributed by atoms with van der Waals surface area (Å²) in [5, 5.41) is 5.78. The van der Waals surface area contributed by atoms with E-state index in [1.807, 2.05) is 52.0 Å². The van der Waals surface area contributed by atoms with E-state index in [0.717, 1.165) is 36.9 Å². The van der Waals surface area contributed by atoms with Gasteiger partial charge >= 0.3 is 6.09 Å². The van der Waals surface area contributed by atoms with E-state index < -0.39 is 17.7 Å². The molecule has 1 atom stereocenters. The molecule has 5 nitrogen and oxygen atoms in total. The summed E-state index contributed by atoms with van der Waals surface area (Å²) in [7, 11) is 0. The van der Waals surface area contributed by atoms with Crippen molar-refractivity contribution in [3.8, 4) is 0 Å². The fraction of sp³-hybridized carbons (Fsp3) is 0.600. The van der Waals surface area contributed by atoms with Gasteiger partial charge in [-0.3, -0.25) is 4.79 Å². The summed E-state index contributed by atoms with van der Waals surface area (Å²) in [5.41, 5.74) is 1.18. The zero-order chi connectivity index (χ0) is 18.4. The molecule has 1 aromatic carbocycles. The van der Waals surface area contributed by atoms with Crippen molar-refractivity contribution in [2.45, 2.75) is 71.4 Å². The molecule has 138 valence electrons. The van der Waals surface area contributed by atoms with Crippen LogP contribution >= 0.6 is 0 Å². The summed E-state index contributed by atoms with van der Waals surface area (Å²) in [4.78, 5) is 25.1. The van der Waals surface area contributed by atoms with E-state index in [4.69, 9.17) is 4.74 Å². The Kier molecular flexibility index (Phi) is 6.45. The van der Waals surface area contributed by atoms with Gasteiger partial charge < -0.3 is 15.4 Å². The molecule has 1 aromatic rings. The first kappa shape index (κ1) is 19.3. The standard InChI is InChI=1S/C20H30N2O3/c1-14-10-8-9-13-16(14)21-18(23)17(15-11-6-5-7-12-15)22-19(24)25-20(2,3)4/h8-10,13,15,17H,5-7,11-12H2,1-4H3,(H,21,23)(H,22,24)/t17-/m0/s1. The first-order valence-electron chi connectivity index (χ1n) is 9.12. The molecule has 0 aliphatic heterocycles. The lowest BCUT2D eigenvalue weighted by molar-refractivity contribution is -0.119. The van der Waals surface area contributed by atoms with Crippen LogP contribution in [0.1, 0.15) is 58.4 Å². The van der Waals surface area contributed by atoms with Crippen LogP contribution in [0.4, 0.5) is 10.5 Å². The first-order chi connectivity index (χ1) is 11.8. The van der Waals surface area contributed by atoms with Gasteiger partial charge in [0, 0.05) is 5.69 Å². The number of anilines is 1. The monoisotopic (exact) mass is 346 g/mol. The van der Waals surface area contributed by atoms with Gasteiger partial charge in [-0.2, -0.15) is 0 Å². The van der Waals surface area contributed by atoms with Gasteiger partial charge in [0.2, 0.25) is 5.91 Å². The van der Waals surface area contributed by atoms with Crippen LogP contribution in [0.5, 0.6) is 0 Å². The Hall–Kier alpha value is -2.04. The second kappa shape index (κ2) is 8.37. The third-order valence-corrected chi connectivity index (χ3v) is 4.48. The number of hydrogen-bond donors (Lipinski definition) is 2. The number of rotatable bonds is 4. The summed E-state index contributed by atoms with van der Waals surface area (Å²) in [6.45, 7) is 7.40. The molecule has 2 amide bonds. The maximum Gasteiger partial charge on any atom is 0.408 e. The number of benzene rings is 1. The number of alkyl carbamates (subject to hydrolysis) is 1. The van der Waals surface area contributed by atoms with E-state index in [1.54, 1.807) is 0 Å². The third-order valence-electron chi connectivity index (χ3n) is 4.48. The summed E-state index contributed by atoms with van der Waals surface area (Å²) in [5.74, 6) is -0.0302. The highest BCUT2D eigenvalue weighted by Crippen LogP contribution is 2.27. The molecule has 1 saturated carbocycles. The second-order valence-corrected chi connectivity index (χ2v) is 7.83. The van der Waals surface area contributed by atoms with Crippen LogP contribution in [0.15, 0.2) is 24.3 Å². The Morgan fingerprint density at radius 3 is 2.36 bits per heavy atom. The smallest absolute Gasteiger partial charge is 0.408 e. The molecule has 0 bridgehead atoms. The molecule has 1 aliphatic carbocycles. The number of aryl methyl sites for hydroxylation is 1. The molecule has 1 fully saturated rings. The van der Waals surface area contributed by atoms with Crippen LogP contribution in [0, 0.1) is 12.8 Å². The zero-order valence-corrected chi connectivity index (χ0v) is 15.7. The quantitative estimate of drug-likeness (QED) is 0.849. The van der Waals surface area contributed by atoms with Gasteiger partial charge in [0.15, 0.2) is 0 Å². The summed E-state index contributed by atoms with van der Waals surface area (Å²) >= 11 is 0. The Morgan fingerprint density at radius 2 is 1.76 bits per heavy atom. The average Bonchev–Trinajstić information content (AvgIpc) is 2.54. The third kappa shape index (κ3) is 6.07. The molecule has 1 aliphatic rings. The first-order valence-corrected chi connectivity index (χ1v) is 9.12. The molecule has 0 aromatic heterocycles. The predicted octanol–water partition coefficient (Wildman–Crippen LogP) is 4.41. The lowest BCUT2D eigenvalue weighted by Gasteiger charge is -2.31. The summed E-state index contributed by atoms with van der Waals surface area (Å²) < 4.78 is 5.35. The van der Waals surface area contributed by atoms with E-state index in [1.165, 1.54) is 6.42 Å². The number of amides is 2. The summed E-state index contributed by atoms with van der Waals surface area (Å²) in [6, 6.07) is 7.07. The van der Waals surface area contributed by atoms with Gasteiger partial charge in [-0.1, -0.05) is 37.5 Å². The molecule has 5 heteroatoms. The lowest BCUT2D eigenvalue weighted by atomic mass is 9.83. The van der Waals surface area contributed by atoms with Gasteiger partial charge in [-0.25, -0.2) is 4.79 Å². The molecule has 0 radical (unpaired) electrons. The SMILES string of the molecule is Cc1ccccc1NC(=O)[C@@H](NC(=O)OC(C)(C)C)C1CCCCC1. The highest BCUT2D eigenvalue weighted by molar-refractivity contribution is 5.97. The molecule has 25 heavy (non-hydrogen) atoms. The van der Waals surface area contributed by atoms with Gasteiger partial charge in [0.05, 0.1) is 0 Å². The number of nitrogens with one attached hydrogen (secondary N) is 2. The van der Waals surface area contributed by atoms with Crippen LogP contribution in [-0.4, -0.2) is 23.6 Å². The Morgan fingerprint density at radius 1 is 1.12 bits per heavy atom. The number of para-hydroxylation sites is 1. The van der Waals surface area contributed by atoms with Crippen molar-refractivity contribution in [2.75, 3.05) is 5.32 Å². The highest BCUT2D eigenvalue weighted by atomic mass is 16.6. The molecule has 0 heterocycles. The van der Waals surface area contributed by atoms with E-state index in [0.29, 0.717) is 0 Å². The van der Waals surface area contributed by atoms with Crippen molar-refractivity contribution in [3.63, 3.8) is 0 Å². The number of hydrogen-bond acceptors (Lipinski definition) is 3. The van der Waals surface area contributed by atoms with E-state index in [-0.39, 0.29) is 11.8 Å². The van der Waals surface area contributed by atoms with E-state index >= 15 is 0 Å². The fourth-order valence-electron chi connectivity index (χ4n) is 3.22. The van der Waals surface area contributed by atoms with E-state index in [9.17, 15) is 9.59 Å². The topological polar surface area (TPSA) is 67.4 Å². The minimum Gasteiger partial charge on any atom is -0.444 e. The normalized spacial score (nSPS) is 16.8. The second-order valence-electron chi connectivity index (χ2n) is 7.83. The lowest BCUT2D eigenvalue weighted by Crippen LogP contribution is -2.50. The molecule has 2 N–H and O–H groups in total. The molecular formula is C20H30N2O3. The van der Waals surface area contributed by atoms with Gasteiger partial charge in [-0.05, 0) is 58.1 Å². The molecular weight excluding hydrogens is 316 g/mol. The van der Waals surface area contributed by atoms with Crippen LogP contribution in [0.2, 0.25) is 0 Å². The maximum absolute atomic E-state index is 12.9.